The maximum Gasteiger partial charge on any atom is 0.320 e. The molecule has 0 rings (SSSR count). The normalized spacial score (nSPS) is 7.56. The number of nitro groups is 1. The fraction of sp³-hybridized carbons (Fsp3) is 0.500. The Kier molecular flexibility index (Phi) is 7.47. The molecule has 0 aliphatic rings. The summed E-state index contributed by atoms with van der Waals surface area (Å²) >= 11 is 0.162. The molecule has 56 valence electrons. The summed E-state index contributed by atoms with van der Waals surface area (Å²) in [7, 11) is 0. The Morgan fingerprint density at radius 3 is 2.33 bits per heavy atom. The van der Waals surface area contributed by atoms with Crippen molar-refractivity contribution in [3.63, 3.8) is 0 Å². The molecule has 9 heavy (non-hydrogen) atoms. The van der Waals surface area contributed by atoms with Crippen molar-refractivity contribution in [3.8, 4) is 0 Å². The Balaban J connectivity index is 0. The Hall–Kier alpha value is -0.286. The molecule has 0 aliphatic heterocycles. The van der Waals surface area contributed by atoms with Gasteiger partial charge in [0.15, 0.2) is 5.75 Å². The summed E-state index contributed by atoms with van der Waals surface area (Å²) in [5.74, 6) is -1.65. The van der Waals surface area contributed by atoms with E-state index in [1.54, 1.807) is 0 Å². The zero-order valence-corrected chi connectivity index (χ0v) is 5.85. The van der Waals surface area contributed by atoms with E-state index in [0.717, 1.165) is 0 Å². The van der Waals surface area contributed by atoms with E-state index >= 15 is 0 Å². The molecule has 0 aromatic carbocycles. The Labute approximate surface area is 65.0 Å². The number of aliphatic carboxylic acids is 1. The molecular weight excluding hydrogens is 193 g/mol. The zero-order chi connectivity index (χ0) is 6.57. The first-order valence-electron chi connectivity index (χ1n) is 1.62. The molecule has 0 saturated carbocycles. The topological polar surface area (TPSA) is 80.4 Å². The predicted molar refractivity (Wildman–Crippen MR) is 27.1 cm³/mol. The molecule has 0 fully saturated rings. The number of rotatable bonds is 3. The average molecular weight is 196 g/mol. The first kappa shape index (κ1) is 11.5. The fourth-order valence-electron chi connectivity index (χ4n) is 0.108. The van der Waals surface area contributed by atoms with Crippen molar-refractivity contribution in [2.45, 2.75) is 0 Å². The van der Waals surface area contributed by atoms with Gasteiger partial charge in [0, 0.05) is 16.5 Å². The zero-order valence-electron chi connectivity index (χ0n) is 4.05. The van der Waals surface area contributed by atoms with Crippen molar-refractivity contribution in [1.82, 2.24) is 0 Å². The van der Waals surface area contributed by atoms with Crippen LogP contribution in [0.1, 0.15) is 0 Å². The van der Waals surface area contributed by atoms with E-state index in [2.05, 4.69) is 0 Å². The van der Waals surface area contributed by atoms with Crippen LogP contribution in [-0.2, 0) is 21.3 Å². The fourth-order valence-corrected chi connectivity index (χ4v) is 0.324. The van der Waals surface area contributed by atoms with Crippen LogP contribution in [-0.4, -0.2) is 21.2 Å². The molecule has 0 amide bonds. The van der Waals surface area contributed by atoms with Gasteiger partial charge in [0.1, 0.15) is 4.33 Å². The molecule has 0 spiro atoms. The van der Waals surface area contributed by atoms with Gasteiger partial charge in [-0.3, -0.25) is 14.9 Å². The smallest absolute Gasteiger partial charge is 0.320 e. The van der Waals surface area contributed by atoms with Gasteiger partial charge in [-0.15, -0.1) is 0 Å². The quantitative estimate of drug-likeness (QED) is 0.297. The van der Waals surface area contributed by atoms with Gasteiger partial charge in [-0.25, -0.2) is 0 Å². The maximum atomic E-state index is 9.58. The van der Waals surface area contributed by atoms with Gasteiger partial charge in [0.05, 0.1) is 0 Å². The van der Waals surface area contributed by atoms with Crippen molar-refractivity contribution in [1.29, 1.82) is 0 Å². The molecule has 0 bridgehead atoms. The standard InChI is InChI=1S/C2H3NO4S.Ni/c4-2(5)1-8-3(6)7;/h1H2,(H,4,5);. The number of hydrogen-bond acceptors (Lipinski definition) is 4. The van der Waals surface area contributed by atoms with E-state index < -0.39 is 16.1 Å². The van der Waals surface area contributed by atoms with E-state index in [1.165, 1.54) is 0 Å². The summed E-state index contributed by atoms with van der Waals surface area (Å²) in [6, 6.07) is 0. The molecule has 5 nitrogen and oxygen atoms in total. The Morgan fingerprint density at radius 1 is 1.78 bits per heavy atom. The van der Waals surface area contributed by atoms with Crippen LogP contribution in [0.4, 0.5) is 0 Å². The third-order valence-corrected chi connectivity index (χ3v) is 0.880. The van der Waals surface area contributed by atoms with Gasteiger partial charge in [0.2, 0.25) is 11.9 Å². The van der Waals surface area contributed by atoms with Crippen molar-refractivity contribution in [3.05, 3.63) is 10.1 Å². The van der Waals surface area contributed by atoms with E-state index in [9.17, 15) is 14.9 Å². The van der Waals surface area contributed by atoms with E-state index in [1.807, 2.05) is 0 Å². The molecule has 0 aliphatic carbocycles. The third kappa shape index (κ3) is 11.3. The van der Waals surface area contributed by atoms with Gasteiger partial charge < -0.3 is 5.11 Å². The number of hydrogen-bond donors (Lipinski definition) is 1. The van der Waals surface area contributed by atoms with Crippen LogP contribution in [0.25, 0.3) is 0 Å². The second kappa shape index (κ2) is 5.84. The average Bonchev–Trinajstić information content (AvgIpc) is 1.61. The summed E-state index contributed by atoms with van der Waals surface area (Å²) in [4.78, 5) is 19.0. The van der Waals surface area contributed by atoms with Crippen LogP contribution in [0.5, 0.6) is 0 Å². The van der Waals surface area contributed by atoms with Gasteiger partial charge >= 0.3 is 5.97 Å². The molecule has 0 saturated heterocycles. The SMILES string of the molecule is O=C(O)CS[N+](=O)[O-].[Ni]. The molecule has 7 heteroatoms. The van der Waals surface area contributed by atoms with Gasteiger partial charge in [-0.2, -0.15) is 0 Å². The summed E-state index contributed by atoms with van der Waals surface area (Å²) in [6.07, 6.45) is 0. The Morgan fingerprint density at radius 2 is 2.22 bits per heavy atom. The number of carbonyl (C=O) groups is 1. The van der Waals surface area contributed by atoms with E-state index in [-0.39, 0.29) is 28.4 Å². The van der Waals surface area contributed by atoms with E-state index in [4.69, 9.17) is 5.11 Å². The summed E-state index contributed by atoms with van der Waals surface area (Å²) in [5, 5.41) is 17.2. The molecule has 0 atom stereocenters. The van der Waals surface area contributed by atoms with Crippen LogP contribution in [0, 0.1) is 10.1 Å². The van der Waals surface area contributed by atoms with Crippen molar-refractivity contribution in [2.75, 3.05) is 5.75 Å². The van der Waals surface area contributed by atoms with Crippen LogP contribution in [0.2, 0.25) is 0 Å². The minimum atomic E-state index is -1.17. The first-order chi connectivity index (χ1) is 3.63. The summed E-state index contributed by atoms with van der Waals surface area (Å²) in [5.41, 5.74) is 0. The van der Waals surface area contributed by atoms with Crippen molar-refractivity contribution in [2.24, 2.45) is 0 Å². The minimum Gasteiger partial charge on any atom is -0.480 e. The number of carboxylic acid groups (broad SMARTS) is 1. The predicted octanol–water partition coefficient (Wildman–Crippen LogP) is -0.00660. The minimum absolute atomic E-state index is 0. The second-order valence-corrected chi connectivity index (χ2v) is 1.74. The third-order valence-electron chi connectivity index (χ3n) is 0.293. The second-order valence-electron chi connectivity index (χ2n) is 0.891. The number of carboxylic acids is 1. The molecule has 0 aromatic heterocycles. The molecule has 0 heterocycles. The van der Waals surface area contributed by atoms with E-state index in [0.29, 0.717) is 0 Å². The monoisotopic (exact) mass is 195 g/mol. The van der Waals surface area contributed by atoms with Gasteiger partial charge in [0.25, 0.3) is 0 Å². The molecular formula is C2H3NNiO4S. The summed E-state index contributed by atoms with van der Waals surface area (Å²) in [6.45, 7) is 0. The van der Waals surface area contributed by atoms with Gasteiger partial charge in [-0.05, 0) is 0 Å². The Bertz CT molecular complexity index is 103. The van der Waals surface area contributed by atoms with Crippen molar-refractivity contribution >= 4 is 17.9 Å². The molecule has 1 N–H and O–H groups in total. The maximum absolute atomic E-state index is 9.58. The molecule has 0 unspecified atom stereocenters. The summed E-state index contributed by atoms with van der Waals surface area (Å²) < 4.78 is -0.742. The van der Waals surface area contributed by atoms with Crippen LogP contribution < -0.4 is 0 Å². The van der Waals surface area contributed by atoms with Crippen LogP contribution in [0.3, 0.4) is 0 Å². The first-order valence-corrected chi connectivity index (χ1v) is 2.56. The van der Waals surface area contributed by atoms with Crippen LogP contribution >= 0.6 is 11.9 Å². The van der Waals surface area contributed by atoms with Gasteiger partial charge in [-0.1, -0.05) is 0 Å². The van der Waals surface area contributed by atoms with Crippen LogP contribution in [0.15, 0.2) is 0 Å². The van der Waals surface area contributed by atoms with Crippen molar-refractivity contribution < 1.29 is 30.7 Å². The largest absolute Gasteiger partial charge is 0.480 e. The molecule has 0 radical (unpaired) electrons. The number of nitrogens with zero attached hydrogens (tertiary/aromatic N) is 1. The molecule has 0 aromatic rings.